The first-order valence-corrected chi connectivity index (χ1v) is 11.1. The number of carbonyl (C=O) groups is 2. The van der Waals surface area contributed by atoms with E-state index in [9.17, 15) is 9.59 Å². The molecule has 2 aromatic carbocycles. The predicted octanol–water partition coefficient (Wildman–Crippen LogP) is 3.09. The summed E-state index contributed by atoms with van der Waals surface area (Å²) < 4.78 is 0. The summed E-state index contributed by atoms with van der Waals surface area (Å²) in [5.74, 6) is 0.107. The molecule has 0 saturated carbocycles. The molecule has 0 aliphatic carbocycles. The van der Waals surface area contributed by atoms with Crippen molar-refractivity contribution >= 4 is 11.8 Å². The summed E-state index contributed by atoms with van der Waals surface area (Å²) in [5, 5.41) is 3.03. The van der Waals surface area contributed by atoms with E-state index in [-0.39, 0.29) is 24.4 Å². The van der Waals surface area contributed by atoms with E-state index in [0.717, 1.165) is 56.4 Å². The molecule has 2 aliphatic rings. The molecule has 5 nitrogen and oxygen atoms in total. The summed E-state index contributed by atoms with van der Waals surface area (Å²) in [5.41, 5.74) is 4.67. The predicted molar refractivity (Wildman–Crippen MR) is 118 cm³/mol. The van der Waals surface area contributed by atoms with Crippen LogP contribution in [-0.2, 0) is 29.0 Å². The number of amides is 2. The summed E-state index contributed by atoms with van der Waals surface area (Å²) in [4.78, 5) is 30.1. The summed E-state index contributed by atoms with van der Waals surface area (Å²) >= 11 is 0. The normalized spacial score (nSPS) is 18.8. The molecule has 2 aliphatic heterocycles. The molecule has 4 rings (SSSR count). The summed E-state index contributed by atoms with van der Waals surface area (Å²) in [6.45, 7) is 5.26. The Morgan fingerprint density at radius 1 is 0.967 bits per heavy atom. The lowest BCUT2D eigenvalue weighted by atomic mass is 9.91. The molecule has 1 atom stereocenters. The molecule has 1 unspecified atom stereocenters. The van der Waals surface area contributed by atoms with Crippen LogP contribution in [0.15, 0.2) is 48.5 Å². The maximum absolute atomic E-state index is 13.3. The molecule has 2 heterocycles. The summed E-state index contributed by atoms with van der Waals surface area (Å²) in [6.07, 6.45) is 4.01. The molecular weight excluding hydrogens is 374 g/mol. The number of likely N-dealkylation sites (tertiary alicyclic amines) is 1. The Kier molecular flexibility index (Phi) is 6.48. The van der Waals surface area contributed by atoms with Crippen LogP contribution in [0.3, 0.4) is 0 Å². The van der Waals surface area contributed by atoms with Gasteiger partial charge in [0.15, 0.2) is 0 Å². The van der Waals surface area contributed by atoms with Gasteiger partial charge in [0, 0.05) is 26.2 Å². The number of nitrogens with zero attached hydrogens (tertiary/aromatic N) is 2. The molecule has 2 aromatic rings. The first kappa shape index (κ1) is 20.6. The monoisotopic (exact) mass is 405 g/mol. The van der Waals surface area contributed by atoms with Crippen molar-refractivity contribution in [3.63, 3.8) is 0 Å². The summed E-state index contributed by atoms with van der Waals surface area (Å²) in [6, 6.07) is 16.2. The van der Waals surface area contributed by atoms with Gasteiger partial charge in [-0.1, -0.05) is 55.5 Å². The van der Waals surface area contributed by atoms with E-state index in [1.165, 1.54) is 11.1 Å². The van der Waals surface area contributed by atoms with Gasteiger partial charge in [0.2, 0.25) is 11.8 Å². The average molecular weight is 406 g/mol. The highest BCUT2D eigenvalue weighted by molar-refractivity contribution is 5.86. The zero-order valence-electron chi connectivity index (χ0n) is 17.8. The van der Waals surface area contributed by atoms with Gasteiger partial charge in [0.05, 0.1) is 6.54 Å². The minimum Gasteiger partial charge on any atom is -0.351 e. The van der Waals surface area contributed by atoms with Gasteiger partial charge in [0.1, 0.15) is 6.04 Å². The molecule has 30 heavy (non-hydrogen) atoms. The fourth-order valence-corrected chi connectivity index (χ4v) is 4.52. The van der Waals surface area contributed by atoms with Crippen molar-refractivity contribution in [2.24, 2.45) is 0 Å². The molecule has 0 aromatic heterocycles. The lowest BCUT2D eigenvalue weighted by Gasteiger charge is -2.37. The lowest BCUT2D eigenvalue weighted by Crippen LogP contribution is -2.48. The number of fused-ring (bicyclic) bond motifs is 1. The Morgan fingerprint density at radius 3 is 2.40 bits per heavy atom. The van der Waals surface area contributed by atoms with Crippen molar-refractivity contribution in [1.29, 1.82) is 0 Å². The second kappa shape index (κ2) is 9.43. The Balaban J connectivity index is 1.44. The van der Waals surface area contributed by atoms with Crippen molar-refractivity contribution in [1.82, 2.24) is 15.1 Å². The Hall–Kier alpha value is -2.66. The number of nitrogens with one attached hydrogen (secondary N) is 1. The minimum atomic E-state index is -0.359. The number of benzene rings is 2. The third-order valence-corrected chi connectivity index (χ3v) is 6.30. The quantitative estimate of drug-likeness (QED) is 0.804. The van der Waals surface area contributed by atoms with Crippen LogP contribution in [0, 0.1) is 0 Å². The van der Waals surface area contributed by atoms with Crippen LogP contribution in [0.1, 0.15) is 48.1 Å². The molecule has 1 fully saturated rings. The number of carbonyl (C=O) groups excluding carboxylic acids is 2. The van der Waals surface area contributed by atoms with Gasteiger partial charge in [-0.15, -0.1) is 0 Å². The Morgan fingerprint density at radius 2 is 1.67 bits per heavy atom. The standard InChI is InChI=1S/C25H31N3O2/c1-2-19-9-11-20(12-10-19)17-26-23(29)18-28-16-13-21-7-3-4-8-22(21)24(28)25(30)27-14-5-6-15-27/h3-4,7-12,24H,2,5-6,13-18H2,1H3,(H,26,29). The van der Waals surface area contributed by atoms with Crippen molar-refractivity contribution in [3.8, 4) is 0 Å². The fraction of sp³-hybridized carbons (Fsp3) is 0.440. The van der Waals surface area contributed by atoms with Crippen molar-refractivity contribution in [3.05, 3.63) is 70.8 Å². The highest BCUT2D eigenvalue weighted by atomic mass is 16.2. The van der Waals surface area contributed by atoms with Gasteiger partial charge in [-0.05, 0) is 47.9 Å². The van der Waals surface area contributed by atoms with Gasteiger partial charge in [-0.2, -0.15) is 0 Å². The molecular formula is C25H31N3O2. The van der Waals surface area contributed by atoms with Crippen LogP contribution < -0.4 is 5.32 Å². The van der Waals surface area contributed by atoms with Gasteiger partial charge >= 0.3 is 0 Å². The van der Waals surface area contributed by atoms with E-state index in [4.69, 9.17) is 0 Å². The topological polar surface area (TPSA) is 52.7 Å². The van der Waals surface area contributed by atoms with E-state index < -0.39 is 0 Å². The molecule has 5 heteroatoms. The van der Waals surface area contributed by atoms with E-state index in [0.29, 0.717) is 6.54 Å². The summed E-state index contributed by atoms with van der Waals surface area (Å²) in [7, 11) is 0. The lowest BCUT2D eigenvalue weighted by molar-refractivity contribution is -0.137. The molecule has 0 radical (unpaired) electrons. The maximum Gasteiger partial charge on any atom is 0.244 e. The van der Waals surface area contributed by atoms with Crippen LogP contribution >= 0.6 is 0 Å². The Bertz CT molecular complexity index is 888. The molecule has 2 amide bonds. The van der Waals surface area contributed by atoms with E-state index in [1.54, 1.807) is 0 Å². The third kappa shape index (κ3) is 4.57. The van der Waals surface area contributed by atoms with Crippen LogP contribution in [0.5, 0.6) is 0 Å². The van der Waals surface area contributed by atoms with Gasteiger partial charge < -0.3 is 10.2 Å². The van der Waals surface area contributed by atoms with Gasteiger partial charge in [-0.25, -0.2) is 0 Å². The fourth-order valence-electron chi connectivity index (χ4n) is 4.52. The van der Waals surface area contributed by atoms with Crippen LogP contribution in [0.4, 0.5) is 0 Å². The van der Waals surface area contributed by atoms with Crippen LogP contribution in [0.2, 0.25) is 0 Å². The van der Waals surface area contributed by atoms with Crippen molar-refractivity contribution < 1.29 is 9.59 Å². The van der Waals surface area contributed by atoms with Gasteiger partial charge in [0.25, 0.3) is 0 Å². The van der Waals surface area contributed by atoms with Gasteiger partial charge in [-0.3, -0.25) is 14.5 Å². The average Bonchev–Trinajstić information content (AvgIpc) is 3.32. The van der Waals surface area contributed by atoms with Crippen LogP contribution in [0.25, 0.3) is 0 Å². The van der Waals surface area contributed by atoms with E-state index >= 15 is 0 Å². The number of rotatable bonds is 6. The van der Waals surface area contributed by atoms with Crippen LogP contribution in [-0.4, -0.2) is 47.8 Å². The molecule has 0 spiro atoms. The number of hydrogen-bond acceptors (Lipinski definition) is 3. The Labute approximate surface area is 179 Å². The second-order valence-corrected chi connectivity index (χ2v) is 8.30. The first-order valence-electron chi connectivity index (χ1n) is 11.1. The SMILES string of the molecule is CCc1ccc(CNC(=O)CN2CCc3ccccc3C2C(=O)N2CCCC2)cc1. The zero-order chi connectivity index (χ0) is 20.9. The number of aryl methyl sites for hydroxylation is 1. The zero-order valence-corrected chi connectivity index (χ0v) is 17.8. The van der Waals surface area contributed by atoms with Crippen molar-refractivity contribution in [2.75, 3.05) is 26.2 Å². The smallest absolute Gasteiger partial charge is 0.244 e. The minimum absolute atomic E-state index is 0.0341. The highest BCUT2D eigenvalue weighted by Gasteiger charge is 2.36. The molecule has 1 saturated heterocycles. The largest absolute Gasteiger partial charge is 0.351 e. The second-order valence-electron chi connectivity index (χ2n) is 8.30. The molecule has 0 bridgehead atoms. The highest BCUT2D eigenvalue weighted by Crippen LogP contribution is 2.32. The number of hydrogen-bond donors (Lipinski definition) is 1. The third-order valence-electron chi connectivity index (χ3n) is 6.30. The molecule has 1 N–H and O–H groups in total. The maximum atomic E-state index is 13.3. The van der Waals surface area contributed by atoms with E-state index in [1.807, 2.05) is 23.1 Å². The first-order chi connectivity index (χ1) is 14.7. The van der Waals surface area contributed by atoms with E-state index in [2.05, 4.69) is 47.5 Å². The van der Waals surface area contributed by atoms with Crippen molar-refractivity contribution in [2.45, 2.75) is 45.2 Å². The molecule has 158 valence electrons.